The lowest BCUT2D eigenvalue weighted by Crippen LogP contribution is -2.26. The van der Waals surface area contributed by atoms with Gasteiger partial charge in [0.15, 0.2) is 6.29 Å². The van der Waals surface area contributed by atoms with Gasteiger partial charge in [-0.2, -0.15) is 13.2 Å². The molecule has 1 N–H and O–H groups in total. The number of anilines is 1. The fourth-order valence-electron chi connectivity index (χ4n) is 5.37. The van der Waals surface area contributed by atoms with E-state index in [2.05, 4.69) is 0 Å². The summed E-state index contributed by atoms with van der Waals surface area (Å²) in [6, 6.07) is 23.5. The summed E-state index contributed by atoms with van der Waals surface area (Å²) in [6.45, 7) is 0. The van der Waals surface area contributed by atoms with Crippen molar-refractivity contribution in [2.75, 3.05) is 11.9 Å². The van der Waals surface area contributed by atoms with Crippen LogP contribution in [0.25, 0.3) is 33.0 Å². The van der Waals surface area contributed by atoms with Gasteiger partial charge in [-0.3, -0.25) is 14.4 Å². The number of hydrogen-bond donors (Lipinski definition) is 1. The average molecular weight is 582 g/mol. The number of nitrogens with zero attached hydrogens (tertiary/aromatic N) is 1. The third kappa shape index (κ3) is 4.99. The van der Waals surface area contributed by atoms with Gasteiger partial charge in [0, 0.05) is 40.2 Å². The van der Waals surface area contributed by atoms with Crippen LogP contribution in [-0.4, -0.2) is 30.3 Å². The summed E-state index contributed by atoms with van der Waals surface area (Å²) >= 11 is 0. The predicted octanol–water partition coefficient (Wildman–Crippen LogP) is 8.01. The topological polar surface area (TPSA) is 83.9 Å². The first-order valence-corrected chi connectivity index (χ1v) is 13.2. The van der Waals surface area contributed by atoms with E-state index in [0.717, 1.165) is 12.1 Å². The third-order valence-electron chi connectivity index (χ3n) is 7.53. The maximum Gasteiger partial charge on any atom is 0.416 e. The molecule has 0 spiro atoms. The second-order valence-electron chi connectivity index (χ2n) is 10.2. The summed E-state index contributed by atoms with van der Waals surface area (Å²) in [4.78, 5) is 38.4. The maximum atomic E-state index is 13.8. The Balaban J connectivity index is 1.43. The summed E-state index contributed by atoms with van der Waals surface area (Å²) in [5.41, 5.74) is 3.58. The normalized spacial score (nSPS) is 11.9. The van der Waals surface area contributed by atoms with E-state index in [-0.39, 0.29) is 17.9 Å². The quantitative estimate of drug-likeness (QED) is 0.202. The Morgan fingerprint density at radius 3 is 2.14 bits per heavy atom. The molecule has 5 aromatic rings. The van der Waals surface area contributed by atoms with E-state index in [1.165, 1.54) is 17.0 Å². The zero-order valence-electron chi connectivity index (χ0n) is 22.6. The minimum absolute atomic E-state index is 0.141. The summed E-state index contributed by atoms with van der Waals surface area (Å²) < 4.78 is 45.4. The monoisotopic (exact) mass is 581 g/mol. The molecule has 214 valence electrons. The number of ether oxygens (including phenoxy) is 1. The zero-order valence-corrected chi connectivity index (χ0v) is 22.6. The molecular formula is C34H22F3NO5. The number of alkyl halides is 3. The fraction of sp³-hybridized carbons (Fsp3) is 0.0882. The number of aliphatic carboxylic acids is 1. The van der Waals surface area contributed by atoms with Gasteiger partial charge in [0.1, 0.15) is 11.5 Å². The molecule has 0 aliphatic carbocycles. The Hall–Kier alpha value is -5.44. The average Bonchev–Trinajstić information content (AvgIpc) is 3.00. The molecule has 0 saturated carbocycles. The van der Waals surface area contributed by atoms with Crippen molar-refractivity contribution in [1.29, 1.82) is 0 Å². The van der Waals surface area contributed by atoms with Gasteiger partial charge in [-0.15, -0.1) is 0 Å². The highest BCUT2D eigenvalue weighted by Crippen LogP contribution is 2.49. The number of aldehydes is 1. The number of fused-ring (bicyclic) bond motifs is 2. The number of carbonyl (C=O) groups is 3. The van der Waals surface area contributed by atoms with Crippen molar-refractivity contribution < 1.29 is 37.4 Å². The van der Waals surface area contributed by atoms with Crippen molar-refractivity contribution in [3.8, 4) is 33.8 Å². The van der Waals surface area contributed by atoms with Crippen LogP contribution in [-0.2, 0) is 17.4 Å². The van der Waals surface area contributed by atoms with Crippen LogP contribution in [0.1, 0.15) is 31.8 Å². The van der Waals surface area contributed by atoms with Crippen LogP contribution in [0, 0.1) is 0 Å². The van der Waals surface area contributed by atoms with Crippen LogP contribution < -0.4 is 9.64 Å². The number of carbonyl (C=O) groups excluding carboxylic acids is 2. The van der Waals surface area contributed by atoms with E-state index in [1.807, 2.05) is 6.07 Å². The highest BCUT2D eigenvalue weighted by molar-refractivity contribution is 6.21. The molecule has 5 aromatic carbocycles. The molecule has 0 saturated heterocycles. The minimum atomic E-state index is -4.44. The Morgan fingerprint density at radius 1 is 0.814 bits per heavy atom. The molecule has 6 nitrogen and oxygen atoms in total. The van der Waals surface area contributed by atoms with Crippen molar-refractivity contribution in [3.63, 3.8) is 0 Å². The first kappa shape index (κ1) is 27.7. The number of carboxylic acids is 1. The smallest absolute Gasteiger partial charge is 0.416 e. The van der Waals surface area contributed by atoms with Crippen LogP contribution in [0.15, 0.2) is 91.0 Å². The van der Waals surface area contributed by atoms with Crippen LogP contribution in [0.5, 0.6) is 11.5 Å². The van der Waals surface area contributed by atoms with Gasteiger partial charge in [0.05, 0.1) is 12.0 Å². The van der Waals surface area contributed by atoms with Gasteiger partial charge in [-0.1, -0.05) is 42.5 Å². The number of hydrogen-bond acceptors (Lipinski definition) is 4. The van der Waals surface area contributed by atoms with E-state index in [0.29, 0.717) is 67.6 Å². The van der Waals surface area contributed by atoms with Gasteiger partial charge in [0.25, 0.3) is 5.91 Å². The van der Waals surface area contributed by atoms with Crippen molar-refractivity contribution in [2.45, 2.75) is 12.6 Å². The van der Waals surface area contributed by atoms with Crippen molar-refractivity contribution >= 4 is 34.6 Å². The van der Waals surface area contributed by atoms with Crippen LogP contribution in [0.3, 0.4) is 0 Å². The van der Waals surface area contributed by atoms with Crippen LogP contribution in [0.2, 0.25) is 0 Å². The second-order valence-corrected chi connectivity index (χ2v) is 10.2. The Bertz CT molecular complexity index is 1930. The van der Waals surface area contributed by atoms with E-state index in [1.54, 1.807) is 67.7 Å². The summed E-state index contributed by atoms with van der Waals surface area (Å²) in [5, 5.41) is 10.0. The third-order valence-corrected chi connectivity index (χ3v) is 7.53. The Labute approximate surface area is 243 Å². The number of carboxylic acid groups (broad SMARTS) is 1. The zero-order chi connectivity index (χ0) is 30.5. The molecule has 6 rings (SSSR count). The maximum absolute atomic E-state index is 13.8. The van der Waals surface area contributed by atoms with Crippen LogP contribution >= 0.6 is 0 Å². The lowest BCUT2D eigenvalue weighted by Gasteiger charge is -2.25. The van der Waals surface area contributed by atoms with E-state index in [4.69, 9.17) is 9.84 Å². The molecule has 0 fully saturated rings. The Morgan fingerprint density at radius 2 is 1.49 bits per heavy atom. The summed E-state index contributed by atoms with van der Waals surface area (Å²) in [6.07, 6.45) is -3.91. The lowest BCUT2D eigenvalue weighted by molar-refractivity contribution is -0.138. The standard InChI is InChI=1S/C34H22F3NO5/c1-38(24-10-2-19(3-11-24)16-30(40)41)33(42)26-13-15-29-32-25(12-6-22(18-39)31(26)32)27-17-21(7-14-28(27)43-29)20-4-8-23(9-5-20)34(35,36)37/h2-15,17-18H,16H2,1H3,(H,40,41). The number of benzene rings is 5. The van der Waals surface area contributed by atoms with E-state index < -0.39 is 17.7 Å². The molecule has 9 heteroatoms. The Kier molecular flexibility index (Phi) is 6.73. The molecule has 0 aromatic heterocycles. The fourth-order valence-corrected chi connectivity index (χ4v) is 5.37. The van der Waals surface area contributed by atoms with E-state index >= 15 is 0 Å². The van der Waals surface area contributed by atoms with Crippen molar-refractivity contribution in [3.05, 3.63) is 113 Å². The van der Waals surface area contributed by atoms with E-state index in [9.17, 15) is 27.6 Å². The van der Waals surface area contributed by atoms with Crippen molar-refractivity contribution in [1.82, 2.24) is 0 Å². The molecule has 1 heterocycles. The highest BCUT2D eigenvalue weighted by Gasteiger charge is 2.30. The van der Waals surface area contributed by atoms with Gasteiger partial charge < -0.3 is 14.7 Å². The van der Waals surface area contributed by atoms with Gasteiger partial charge >= 0.3 is 12.1 Å². The summed E-state index contributed by atoms with van der Waals surface area (Å²) in [7, 11) is 1.59. The largest absolute Gasteiger partial charge is 0.481 e. The molecule has 0 unspecified atom stereocenters. The number of halogens is 3. The van der Waals surface area contributed by atoms with Crippen molar-refractivity contribution in [2.24, 2.45) is 0 Å². The second kappa shape index (κ2) is 10.4. The summed E-state index contributed by atoms with van der Waals surface area (Å²) in [5.74, 6) is -0.360. The molecule has 0 atom stereocenters. The molecule has 1 aliphatic heterocycles. The molecule has 1 amide bonds. The molecule has 0 bridgehead atoms. The van der Waals surface area contributed by atoms with Gasteiger partial charge in [-0.25, -0.2) is 0 Å². The first-order valence-electron chi connectivity index (χ1n) is 13.2. The number of amides is 1. The predicted molar refractivity (Wildman–Crippen MR) is 156 cm³/mol. The van der Waals surface area contributed by atoms with Gasteiger partial charge in [0.2, 0.25) is 0 Å². The number of rotatable bonds is 6. The molecule has 43 heavy (non-hydrogen) atoms. The molecule has 0 radical (unpaired) electrons. The van der Waals surface area contributed by atoms with Crippen LogP contribution in [0.4, 0.5) is 18.9 Å². The minimum Gasteiger partial charge on any atom is -0.481 e. The SMILES string of the molecule is CN(C(=O)c1ccc2c3c(ccc(C=O)c13)-c1cc(-c3ccc(C(F)(F)F)cc3)ccc1O2)c1ccc(CC(=O)O)cc1. The lowest BCUT2D eigenvalue weighted by atomic mass is 9.88. The van der Waals surface area contributed by atoms with Gasteiger partial charge in [-0.05, 0) is 70.8 Å². The highest BCUT2D eigenvalue weighted by atomic mass is 19.4. The molecule has 1 aliphatic rings. The molecular weight excluding hydrogens is 559 g/mol. The first-order chi connectivity index (χ1) is 20.5.